The molecule has 0 saturated carbocycles. The number of nitro groups is 1. The Morgan fingerprint density at radius 2 is 1.79 bits per heavy atom. The number of hydrogen-bond donors (Lipinski definition) is 1. The lowest BCUT2D eigenvalue weighted by atomic mass is 10.2. The SMILES string of the molecule is O=C1NC(=Nc2ccccc2)/C(=C/c2cccn2-c2ccc([N+](=O)[O-])cc2)S1. The number of thioether (sulfide) groups is 1. The number of para-hydroxylation sites is 1. The van der Waals surface area contributed by atoms with Crippen molar-refractivity contribution in [2.24, 2.45) is 4.99 Å². The summed E-state index contributed by atoms with van der Waals surface area (Å²) in [6.07, 6.45) is 3.72. The van der Waals surface area contributed by atoms with Crippen LogP contribution in [0.4, 0.5) is 16.2 Å². The molecule has 138 valence electrons. The second-order valence-corrected chi connectivity index (χ2v) is 6.91. The highest BCUT2D eigenvalue weighted by atomic mass is 32.2. The van der Waals surface area contributed by atoms with Gasteiger partial charge >= 0.3 is 0 Å². The van der Waals surface area contributed by atoms with E-state index < -0.39 is 4.92 Å². The van der Waals surface area contributed by atoms with Crippen LogP contribution in [0.2, 0.25) is 0 Å². The van der Waals surface area contributed by atoms with Crippen LogP contribution in [0.3, 0.4) is 0 Å². The van der Waals surface area contributed by atoms with Crippen LogP contribution in [0.15, 0.2) is 82.8 Å². The summed E-state index contributed by atoms with van der Waals surface area (Å²) in [5.74, 6) is 0.498. The molecule has 2 aromatic carbocycles. The third-order valence-corrected chi connectivity index (χ3v) is 4.87. The Morgan fingerprint density at radius 1 is 1.04 bits per heavy atom. The summed E-state index contributed by atoms with van der Waals surface area (Å²) in [6, 6.07) is 19.5. The third-order valence-electron chi connectivity index (χ3n) is 4.05. The number of nitrogens with zero attached hydrogens (tertiary/aromatic N) is 3. The number of amides is 1. The summed E-state index contributed by atoms with van der Waals surface area (Å²) in [5, 5.41) is 13.4. The number of nitro benzene ring substituents is 1. The number of carbonyl (C=O) groups is 1. The van der Waals surface area contributed by atoms with Gasteiger partial charge in [0.1, 0.15) is 5.84 Å². The van der Waals surface area contributed by atoms with Crippen LogP contribution in [0, 0.1) is 10.1 Å². The maximum absolute atomic E-state index is 11.9. The van der Waals surface area contributed by atoms with Crippen LogP contribution in [0.25, 0.3) is 11.8 Å². The molecule has 7 nitrogen and oxygen atoms in total. The van der Waals surface area contributed by atoms with Crippen LogP contribution in [0.1, 0.15) is 5.69 Å². The first-order valence-corrected chi connectivity index (χ1v) is 9.18. The summed E-state index contributed by atoms with van der Waals surface area (Å²) in [5.41, 5.74) is 2.39. The lowest BCUT2D eigenvalue weighted by Crippen LogP contribution is -2.18. The summed E-state index contributed by atoms with van der Waals surface area (Å²) < 4.78 is 1.89. The number of non-ortho nitro benzene ring substituents is 1. The zero-order valence-corrected chi connectivity index (χ0v) is 15.3. The number of aromatic nitrogens is 1. The molecule has 28 heavy (non-hydrogen) atoms. The van der Waals surface area contributed by atoms with E-state index in [4.69, 9.17) is 0 Å². The number of hydrogen-bond acceptors (Lipinski definition) is 5. The van der Waals surface area contributed by atoms with E-state index in [1.807, 2.05) is 59.3 Å². The predicted molar refractivity (Wildman–Crippen MR) is 110 cm³/mol. The van der Waals surface area contributed by atoms with Crippen molar-refractivity contribution >= 4 is 40.3 Å². The van der Waals surface area contributed by atoms with Crippen molar-refractivity contribution in [3.8, 4) is 5.69 Å². The van der Waals surface area contributed by atoms with Gasteiger partial charge in [-0.05, 0) is 54.2 Å². The molecule has 2 heterocycles. The molecule has 0 unspecified atom stereocenters. The molecule has 8 heteroatoms. The number of aliphatic imine (C=N–C) groups is 1. The van der Waals surface area contributed by atoms with Gasteiger partial charge < -0.3 is 9.88 Å². The first-order chi connectivity index (χ1) is 13.6. The Hall–Kier alpha value is -3.65. The summed E-state index contributed by atoms with van der Waals surface area (Å²) >= 11 is 1.08. The lowest BCUT2D eigenvalue weighted by Gasteiger charge is -2.07. The Labute approximate surface area is 164 Å². The van der Waals surface area contributed by atoms with Crippen molar-refractivity contribution in [2.45, 2.75) is 0 Å². The second-order valence-electron chi connectivity index (χ2n) is 5.90. The van der Waals surface area contributed by atoms with Gasteiger partial charge in [0.05, 0.1) is 15.5 Å². The van der Waals surface area contributed by atoms with Gasteiger partial charge in [-0.1, -0.05) is 18.2 Å². The molecule has 0 spiro atoms. The highest BCUT2D eigenvalue weighted by Crippen LogP contribution is 2.29. The van der Waals surface area contributed by atoms with Gasteiger partial charge in [0, 0.05) is 29.7 Å². The Kier molecular flexibility index (Phi) is 4.77. The van der Waals surface area contributed by atoms with Gasteiger partial charge in [0.2, 0.25) is 0 Å². The third kappa shape index (κ3) is 3.72. The molecule has 1 saturated heterocycles. The van der Waals surface area contributed by atoms with E-state index >= 15 is 0 Å². The molecular formula is C20H14N4O3S. The van der Waals surface area contributed by atoms with Crippen molar-refractivity contribution in [3.05, 3.63) is 93.6 Å². The van der Waals surface area contributed by atoms with E-state index in [-0.39, 0.29) is 10.9 Å². The maximum Gasteiger partial charge on any atom is 0.289 e. The first-order valence-electron chi connectivity index (χ1n) is 8.37. The Bertz CT molecular complexity index is 1100. The molecule has 1 amide bonds. The standard InChI is InChI=1S/C20H14N4O3S/c25-20-22-19(21-14-5-2-1-3-6-14)18(28-20)13-17-7-4-12-23(17)15-8-10-16(11-9-15)24(26)27/h1-13H,(H,21,22,25)/b18-13-. The van der Waals surface area contributed by atoms with Crippen LogP contribution in [0.5, 0.6) is 0 Å². The number of rotatable bonds is 4. The minimum Gasteiger partial charge on any atom is -0.317 e. The van der Waals surface area contributed by atoms with Crippen LogP contribution in [-0.2, 0) is 0 Å². The normalized spacial score (nSPS) is 16.5. The first kappa shape index (κ1) is 17.7. The summed E-state index contributed by atoms with van der Waals surface area (Å²) in [4.78, 5) is 27.5. The van der Waals surface area contributed by atoms with Gasteiger partial charge in [0.15, 0.2) is 0 Å². The van der Waals surface area contributed by atoms with E-state index in [1.165, 1.54) is 12.1 Å². The van der Waals surface area contributed by atoms with Crippen LogP contribution in [-0.4, -0.2) is 20.6 Å². The maximum atomic E-state index is 11.9. The molecule has 1 aliphatic heterocycles. The number of nitrogens with one attached hydrogen (secondary N) is 1. The fraction of sp³-hybridized carbons (Fsp3) is 0. The average molecular weight is 390 g/mol. The van der Waals surface area contributed by atoms with Gasteiger partial charge in [-0.2, -0.15) is 0 Å². The summed E-state index contributed by atoms with van der Waals surface area (Å²) in [7, 11) is 0. The van der Waals surface area contributed by atoms with Crippen molar-refractivity contribution in [1.82, 2.24) is 9.88 Å². The molecule has 3 aromatic rings. The van der Waals surface area contributed by atoms with E-state index in [9.17, 15) is 14.9 Å². The molecule has 1 aliphatic rings. The van der Waals surface area contributed by atoms with E-state index in [0.29, 0.717) is 10.7 Å². The van der Waals surface area contributed by atoms with Gasteiger partial charge in [-0.3, -0.25) is 14.9 Å². The molecule has 1 fully saturated rings. The Morgan fingerprint density at radius 3 is 2.50 bits per heavy atom. The number of benzene rings is 2. The fourth-order valence-corrected chi connectivity index (χ4v) is 3.48. The minimum atomic E-state index is -0.429. The van der Waals surface area contributed by atoms with Crippen molar-refractivity contribution in [1.29, 1.82) is 0 Å². The molecule has 0 bridgehead atoms. The molecule has 0 radical (unpaired) electrons. The largest absolute Gasteiger partial charge is 0.317 e. The summed E-state index contributed by atoms with van der Waals surface area (Å²) in [6.45, 7) is 0. The highest BCUT2D eigenvalue weighted by Gasteiger charge is 2.24. The zero-order chi connectivity index (χ0) is 19.5. The monoisotopic (exact) mass is 390 g/mol. The molecule has 0 aliphatic carbocycles. The molecular weight excluding hydrogens is 376 g/mol. The molecule has 4 rings (SSSR count). The zero-order valence-electron chi connectivity index (χ0n) is 14.5. The molecule has 0 atom stereocenters. The van der Waals surface area contributed by atoms with Crippen molar-refractivity contribution in [2.75, 3.05) is 0 Å². The molecule has 1 aromatic heterocycles. The van der Waals surface area contributed by atoms with E-state index in [0.717, 1.165) is 28.8 Å². The van der Waals surface area contributed by atoms with Gasteiger partial charge in [-0.15, -0.1) is 0 Å². The van der Waals surface area contributed by atoms with Crippen LogP contribution >= 0.6 is 11.8 Å². The van der Waals surface area contributed by atoms with Gasteiger partial charge in [0.25, 0.3) is 10.9 Å². The molecule has 1 N–H and O–H groups in total. The quantitative estimate of drug-likeness (QED) is 0.506. The van der Waals surface area contributed by atoms with Crippen molar-refractivity contribution in [3.63, 3.8) is 0 Å². The highest BCUT2D eigenvalue weighted by molar-refractivity contribution is 8.18. The van der Waals surface area contributed by atoms with E-state index in [1.54, 1.807) is 12.1 Å². The topological polar surface area (TPSA) is 89.5 Å². The second kappa shape index (κ2) is 7.53. The lowest BCUT2D eigenvalue weighted by molar-refractivity contribution is -0.384. The number of carbonyl (C=O) groups excluding carboxylic acids is 1. The smallest absolute Gasteiger partial charge is 0.289 e. The number of amidine groups is 1. The van der Waals surface area contributed by atoms with Crippen molar-refractivity contribution < 1.29 is 9.72 Å². The van der Waals surface area contributed by atoms with Crippen LogP contribution < -0.4 is 5.32 Å². The Balaban J connectivity index is 1.69. The fourth-order valence-electron chi connectivity index (χ4n) is 2.76. The minimum absolute atomic E-state index is 0.0363. The average Bonchev–Trinajstić information content (AvgIpc) is 3.29. The van der Waals surface area contributed by atoms with E-state index in [2.05, 4.69) is 10.3 Å². The predicted octanol–water partition coefficient (Wildman–Crippen LogP) is 4.91. The van der Waals surface area contributed by atoms with Gasteiger partial charge in [-0.25, -0.2) is 4.99 Å².